The molecule has 2 heteroatoms. The average molecular weight is 793 g/mol. The Morgan fingerprint density at radius 3 is 1.26 bits per heavy atom. The van der Waals surface area contributed by atoms with E-state index in [1.54, 1.807) is 0 Å². The molecule has 0 aromatic heterocycles. The molecule has 270 valence electrons. The lowest BCUT2D eigenvalue weighted by Gasteiger charge is -2.33. The summed E-state index contributed by atoms with van der Waals surface area (Å²) in [5.74, 6) is 0. The number of halogens is 1. The van der Waals surface area contributed by atoms with Crippen LogP contribution >= 0.6 is 15.9 Å². The van der Waals surface area contributed by atoms with Crippen molar-refractivity contribution in [1.29, 1.82) is 0 Å². The normalized spacial score (nSPS) is 12.4. The molecule has 0 bridgehead atoms. The van der Waals surface area contributed by atoms with Crippen molar-refractivity contribution in [3.8, 4) is 44.5 Å². The predicted molar refractivity (Wildman–Crippen MR) is 242 cm³/mol. The number of hydrogen-bond acceptors (Lipinski definition) is 1. The van der Waals surface area contributed by atoms with Crippen molar-refractivity contribution in [2.75, 3.05) is 4.90 Å². The third kappa shape index (κ3) is 6.10. The number of hydrogen-bond donors (Lipinski definition) is 0. The van der Waals surface area contributed by atoms with E-state index in [0.29, 0.717) is 0 Å². The standard InChI is InChI=1S/C55H38BrN/c56-54-23-13-11-20-49(54)42-28-35-48(36-29-42)57(46-31-24-40(25-32-46)39-14-4-1-5-15-39)47-33-26-41(27-34-47)43-30-37-53-51(38-43)50-21-10-12-22-52(50)55(53,44-16-6-2-7-17-44)45-18-8-3-9-19-45/h1-38H. The summed E-state index contributed by atoms with van der Waals surface area (Å²) in [6, 6.07) is 83.7. The van der Waals surface area contributed by atoms with Gasteiger partial charge in [-0.25, -0.2) is 0 Å². The molecule has 1 aliphatic carbocycles. The van der Waals surface area contributed by atoms with Crippen molar-refractivity contribution in [3.63, 3.8) is 0 Å². The van der Waals surface area contributed by atoms with Crippen LogP contribution in [0.1, 0.15) is 22.3 Å². The summed E-state index contributed by atoms with van der Waals surface area (Å²) in [5, 5.41) is 0. The van der Waals surface area contributed by atoms with Gasteiger partial charge in [-0.2, -0.15) is 0 Å². The lowest BCUT2D eigenvalue weighted by Crippen LogP contribution is -2.28. The second-order valence-electron chi connectivity index (χ2n) is 14.6. The Hall–Kier alpha value is -6.74. The van der Waals surface area contributed by atoms with Crippen molar-refractivity contribution in [2.24, 2.45) is 0 Å². The molecular weight excluding hydrogens is 755 g/mol. The van der Waals surface area contributed by atoms with E-state index in [9.17, 15) is 0 Å². The summed E-state index contributed by atoms with van der Waals surface area (Å²) in [4.78, 5) is 2.34. The SMILES string of the molecule is Brc1ccccc1-c1ccc(N(c2ccc(-c3ccccc3)cc2)c2ccc(-c3ccc4c(c3)-c3ccccc3C4(c3ccccc3)c3ccccc3)cc2)cc1. The summed E-state index contributed by atoms with van der Waals surface area (Å²) in [5.41, 5.74) is 17.8. The summed E-state index contributed by atoms with van der Waals surface area (Å²) in [7, 11) is 0. The zero-order valence-electron chi connectivity index (χ0n) is 31.3. The summed E-state index contributed by atoms with van der Waals surface area (Å²) in [6.07, 6.45) is 0. The van der Waals surface area contributed by atoms with Gasteiger partial charge in [0.1, 0.15) is 0 Å². The number of benzene rings is 9. The van der Waals surface area contributed by atoms with E-state index in [2.05, 4.69) is 251 Å². The smallest absolute Gasteiger partial charge is 0.0713 e. The lowest BCUT2D eigenvalue weighted by molar-refractivity contribution is 0.768. The Balaban J connectivity index is 1.05. The van der Waals surface area contributed by atoms with E-state index < -0.39 is 5.41 Å². The van der Waals surface area contributed by atoms with Crippen LogP contribution in [0, 0.1) is 0 Å². The highest BCUT2D eigenvalue weighted by atomic mass is 79.9. The first-order valence-electron chi connectivity index (χ1n) is 19.4. The largest absolute Gasteiger partial charge is 0.311 e. The molecule has 0 atom stereocenters. The van der Waals surface area contributed by atoms with Crippen molar-refractivity contribution in [1.82, 2.24) is 0 Å². The maximum Gasteiger partial charge on any atom is 0.0713 e. The van der Waals surface area contributed by atoms with E-state index in [-0.39, 0.29) is 0 Å². The monoisotopic (exact) mass is 791 g/mol. The zero-order valence-corrected chi connectivity index (χ0v) is 32.9. The Morgan fingerprint density at radius 1 is 0.298 bits per heavy atom. The fourth-order valence-corrected chi connectivity index (χ4v) is 9.31. The molecule has 9 aromatic rings. The Bertz CT molecular complexity index is 2770. The van der Waals surface area contributed by atoms with Crippen LogP contribution in [0.3, 0.4) is 0 Å². The molecule has 57 heavy (non-hydrogen) atoms. The maximum absolute atomic E-state index is 3.75. The fraction of sp³-hybridized carbons (Fsp3) is 0.0182. The highest BCUT2D eigenvalue weighted by Gasteiger charge is 2.45. The maximum atomic E-state index is 3.75. The van der Waals surface area contributed by atoms with Crippen LogP contribution in [0.2, 0.25) is 0 Å². The van der Waals surface area contributed by atoms with Crippen molar-refractivity contribution in [3.05, 3.63) is 257 Å². The predicted octanol–water partition coefficient (Wildman–Crippen LogP) is 15.3. The van der Waals surface area contributed by atoms with E-state index in [1.165, 1.54) is 66.8 Å². The van der Waals surface area contributed by atoms with Crippen LogP contribution in [0.5, 0.6) is 0 Å². The molecule has 0 amide bonds. The molecule has 0 fully saturated rings. The van der Waals surface area contributed by atoms with Gasteiger partial charge in [-0.05, 0) is 115 Å². The third-order valence-corrected chi connectivity index (χ3v) is 12.2. The van der Waals surface area contributed by atoms with E-state index >= 15 is 0 Å². The van der Waals surface area contributed by atoms with Crippen molar-refractivity contribution in [2.45, 2.75) is 5.41 Å². The van der Waals surface area contributed by atoms with Gasteiger partial charge >= 0.3 is 0 Å². The van der Waals surface area contributed by atoms with Gasteiger partial charge in [0.15, 0.2) is 0 Å². The minimum atomic E-state index is -0.403. The Morgan fingerprint density at radius 2 is 0.702 bits per heavy atom. The molecule has 0 heterocycles. The number of rotatable bonds is 8. The number of fused-ring (bicyclic) bond motifs is 3. The first-order valence-corrected chi connectivity index (χ1v) is 20.2. The average Bonchev–Trinajstić information content (AvgIpc) is 3.59. The molecule has 0 saturated heterocycles. The molecule has 1 aliphatic rings. The highest BCUT2D eigenvalue weighted by Crippen LogP contribution is 2.56. The van der Waals surface area contributed by atoms with Crippen LogP contribution in [0.25, 0.3) is 44.5 Å². The molecule has 0 saturated carbocycles. The minimum absolute atomic E-state index is 0.403. The minimum Gasteiger partial charge on any atom is -0.311 e. The molecule has 0 spiro atoms. The Labute approximate surface area is 343 Å². The zero-order chi connectivity index (χ0) is 38.2. The summed E-state index contributed by atoms with van der Waals surface area (Å²) < 4.78 is 1.09. The summed E-state index contributed by atoms with van der Waals surface area (Å²) >= 11 is 3.75. The molecule has 0 aliphatic heterocycles. The highest BCUT2D eigenvalue weighted by molar-refractivity contribution is 9.10. The van der Waals surface area contributed by atoms with Crippen LogP contribution in [0.4, 0.5) is 17.1 Å². The van der Waals surface area contributed by atoms with Crippen LogP contribution < -0.4 is 4.90 Å². The van der Waals surface area contributed by atoms with Gasteiger partial charge in [0.25, 0.3) is 0 Å². The second-order valence-corrected chi connectivity index (χ2v) is 15.5. The molecule has 10 rings (SSSR count). The quantitative estimate of drug-likeness (QED) is 0.148. The van der Waals surface area contributed by atoms with Gasteiger partial charge in [-0.1, -0.05) is 198 Å². The molecule has 0 radical (unpaired) electrons. The van der Waals surface area contributed by atoms with E-state index in [0.717, 1.165) is 21.5 Å². The molecule has 0 unspecified atom stereocenters. The lowest BCUT2D eigenvalue weighted by atomic mass is 9.67. The molecule has 0 N–H and O–H groups in total. The van der Waals surface area contributed by atoms with E-state index in [1.807, 2.05) is 0 Å². The molecule has 9 aromatic carbocycles. The van der Waals surface area contributed by atoms with E-state index in [4.69, 9.17) is 0 Å². The van der Waals surface area contributed by atoms with Crippen molar-refractivity contribution >= 4 is 33.0 Å². The fourth-order valence-electron chi connectivity index (χ4n) is 8.80. The topological polar surface area (TPSA) is 3.24 Å². The van der Waals surface area contributed by atoms with Gasteiger partial charge in [0.2, 0.25) is 0 Å². The van der Waals surface area contributed by atoms with Crippen molar-refractivity contribution < 1.29 is 0 Å². The summed E-state index contributed by atoms with van der Waals surface area (Å²) in [6.45, 7) is 0. The van der Waals surface area contributed by atoms with Crippen LogP contribution in [-0.4, -0.2) is 0 Å². The van der Waals surface area contributed by atoms with Gasteiger partial charge in [0.05, 0.1) is 5.41 Å². The van der Waals surface area contributed by atoms with Gasteiger partial charge < -0.3 is 4.90 Å². The number of nitrogens with zero attached hydrogens (tertiary/aromatic N) is 1. The second kappa shape index (κ2) is 14.7. The van der Waals surface area contributed by atoms with Crippen LogP contribution in [0.15, 0.2) is 235 Å². The Kier molecular flexibility index (Phi) is 8.97. The van der Waals surface area contributed by atoms with Gasteiger partial charge in [0, 0.05) is 21.5 Å². The first kappa shape index (κ1) is 34.7. The molecule has 1 nitrogen and oxygen atoms in total. The molecular formula is C55H38BrN. The first-order chi connectivity index (χ1) is 28.2. The van der Waals surface area contributed by atoms with Crippen LogP contribution in [-0.2, 0) is 5.41 Å². The number of anilines is 3. The van der Waals surface area contributed by atoms with Gasteiger partial charge in [-0.3, -0.25) is 0 Å². The van der Waals surface area contributed by atoms with Gasteiger partial charge in [-0.15, -0.1) is 0 Å². The third-order valence-electron chi connectivity index (χ3n) is 11.5.